The Balaban J connectivity index is 1.39. The van der Waals surface area contributed by atoms with E-state index in [2.05, 4.69) is 29.2 Å². The van der Waals surface area contributed by atoms with Gasteiger partial charge in [-0.25, -0.2) is 8.42 Å². The molecule has 38 heavy (non-hydrogen) atoms. The van der Waals surface area contributed by atoms with Gasteiger partial charge in [0.2, 0.25) is 10.0 Å². The lowest BCUT2D eigenvalue weighted by atomic mass is 10.00. The van der Waals surface area contributed by atoms with Gasteiger partial charge in [-0.2, -0.15) is 4.31 Å². The molecule has 9 heteroatoms. The highest BCUT2D eigenvalue weighted by Crippen LogP contribution is 2.30. The van der Waals surface area contributed by atoms with E-state index in [0.29, 0.717) is 18.8 Å². The number of benzene rings is 3. The highest BCUT2D eigenvalue weighted by Gasteiger charge is 2.33. The van der Waals surface area contributed by atoms with Crippen LogP contribution in [-0.2, 0) is 21.3 Å². The summed E-state index contributed by atoms with van der Waals surface area (Å²) >= 11 is 6.36. The van der Waals surface area contributed by atoms with Crippen LogP contribution in [0.2, 0.25) is 5.02 Å². The van der Waals surface area contributed by atoms with Crippen molar-refractivity contribution in [3.05, 3.63) is 95.0 Å². The first-order valence-electron chi connectivity index (χ1n) is 13.0. The number of sulfonamides is 1. The molecule has 0 unspecified atom stereocenters. The molecule has 2 aliphatic heterocycles. The number of ether oxygens (including phenoxy) is 1. The molecule has 7 nitrogen and oxygen atoms in total. The van der Waals surface area contributed by atoms with E-state index in [1.807, 2.05) is 41.3 Å². The van der Waals surface area contributed by atoms with E-state index >= 15 is 0 Å². The lowest BCUT2D eigenvalue weighted by molar-refractivity contribution is 0.0730. The van der Waals surface area contributed by atoms with Crippen LogP contribution in [0.25, 0.3) is 0 Å². The molecule has 0 bridgehead atoms. The number of hydrogen-bond acceptors (Lipinski definition) is 5. The van der Waals surface area contributed by atoms with Gasteiger partial charge in [0, 0.05) is 50.0 Å². The summed E-state index contributed by atoms with van der Waals surface area (Å²) in [6, 6.07) is 24.5. The van der Waals surface area contributed by atoms with E-state index in [0.717, 1.165) is 38.2 Å². The zero-order valence-corrected chi connectivity index (χ0v) is 22.8. The van der Waals surface area contributed by atoms with Gasteiger partial charge in [-0.15, -0.1) is 0 Å². The van der Waals surface area contributed by atoms with Crippen molar-refractivity contribution in [3.8, 4) is 0 Å². The summed E-state index contributed by atoms with van der Waals surface area (Å²) in [5.74, 6) is -0.229. The molecular formula is C29H32ClN3O4S. The molecule has 0 N–H and O–H groups in total. The van der Waals surface area contributed by atoms with Crippen molar-refractivity contribution < 1.29 is 17.9 Å². The van der Waals surface area contributed by atoms with E-state index in [4.69, 9.17) is 16.3 Å². The molecule has 200 valence electrons. The highest BCUT2D eigenvalue weighted by molar-refractivity contribution is 7.89. The Morgan fingerprint density at radius 2 is 1.53 bits per heavy atom. The molecular weight excluding hydrogens is 522 g/mol. The van der Waals surface area contributed by atoms with Crippen LogP contribution >= 0.6 is 11.6 Å². The topological polar surface area (TPSA) is 70.2 Å². The van der Waals surface area contributed by atoms with E-state index in [9.17, 15) is 13.2 Å². The largest absolute Gasteiger partial charge is 0.379 e. The molecule has 5 rings (SSSR count). The summed E-state index contributed by atoms with van der Waals surface area (Å²) in [7, 11) is -3.86. The number of anilines is 1. The van der Waals surface area contributed by atoms with E-state index < -0.39 is 10.0 Å². The van der Waals surface area contributed by atoms with Gasteiger partial charge in [-0.1, -0.05) is 60.1 Å². The molecule has 2 aliphatic rings. The fraction of sp³-hybridized carbons (Fsp3) is 0.345. The molecule has 3 aromatic carbocycles. The zero-order valence-electron chi connectivity index (χ0n) is 21.2. The molecule has 0 aromatic heterocycles. The number of hydrogen-bond donors (Lipinski definition) is 0. The molecule has 1 amide bonds. The molecule has 2 saturated heterocycles. The van der Waals surface area contributed by atoms with Crippen LogP contribution < -0.4 is 4.90 Å². The van der Waals surface area contributed by atoms with Crippen molar-refractivity contribution in [1.82, 2.24) is 9.21 Å². The van der Waals surface area contributed by atoms with Gasteiger partial charge in [0.15, 0.2) is 0 Å². The van der Waals surface area contributed by atoms with E-state index in [1.54, 1.807) is 6.07 Å². The first kappa shape index (κ1) is 26.8. The standard InChI is InChI=1S/C29H32ClN3O4S/c30-27-12-11-24(21-28(27)38(35,36)32-17-19-37-20-18-32)29(34)33(25-9-5-2-6-10-25)26-13-15-31(16-14-26)22-23-7-3-1-4-8-23/h1-12,21,26H,13-20,22H2. The van der Waals surface area contributed by atoms with Crippen LogP contribution in [0.3, 0.4) is 0 Å². The summed E-state index contributed by atoms with van der Waals surface area (Å²) in [6.07, 6.45) is 1.64. The van der Waals surface area contributed by atoms with Crippen LogP contribution in [-0.4, -0.2) is 69.0 Å². The van der Waals surface area contributed by atoms with Crippen LogP contribution in [0, 0.1) is 0 Å². The highest BCUT2D eigenvalue weighted by atomic mass is 35.5. The summed E-state index contributed by atoms with van der Waals surface area (Å²) in [5.41, 5.74) is 2.38. The molecule has 2 fully saturated rings. The number of nitrogens with zero attached hydrogens (tertiary/aromatic N) is 3. The first-order chi connectivity index (χ1) is 18.4. The van der Waals surface area contributed by atoms with Crippen LogP contribution in [0.4, 0.5) is 5.69 Å². The number of likely N-dealkylation sites (tertiary alicyclic amines) is 1. The van der Waals surface area contributed by atoms with Gasteiger partial charge in [-0.3, -0.25) is 9.69 Å². The Morgan fingerprint density at radius 3 is 2.18 bits per heavy atom. The van der Waals surface area contributed by atoms with Crippen molar-refractivity contribution >= 4 is 33.2 Å². The summed E-state index contributed by atoms with van der Waals surface area (Å²) in [5, 5.41) is 0.105. The second-order valence-corrected chi connectivity index (χ2v) is 12.0. The number of carbonyl (C=O) groups is 1. The maximum atomic E-state index is 14.0. The predicted molar refractivity (Wildman–Crippen MR) is 149 cm³/mol. The Labute approximate surface area is 229 Å². The van der Waals surface area contributed by atoms with Gasteiger partial charge in [0.25, 0.3) is 5.91 Å². The number of carbonyl (C=O) groups excluding carboxylic acids is 1. The number of amides is 1. The quantitative estimate of drug-likeness (QED) is 0.425. The minimum Gasteiger partial charge on any atom is -0.379 e. The number of para-hydroxylation sites is 1. The molecule has 0 atom stereocenters. The lowest BCUT2D eigenvalue weighted by Crippen LogP contribution is -2.47. The average Bonchev–Trinajstić information content (AvgIpc) is 2.96. The third kappa shape index (κ3) is 5.95. The van der Waals surface area contributed by atoms with Gasteiger partial charge >= 0.3 is 0 Å². The van der Waals surface area contributed by atoms with Crippen LogP contribution in [0.1, 0.15) is 28.8 Å². The van der Waals surface area contributed by atoms with Crippen molar-refractivity contribution in [2.45, 2.75) is 30.3 Å². The lowest BCUT2D eigenvalue weighted by Gasteiger charge is -2.38. The minimum absolute atomic E-state index is 0.00750. The first-order valence-corrected chi connectivity index (χ1v) is 14.8. The molecule has 0 saturated carbocycles. The minimum atomic E-state index is -3.86. The Hall–Kier alpha value is -2.75. The maximum absolute atomic E-state index is 14.0. The van der Waals surface area contributed by atoms with Crippen molar-refractivity contribution in [1.29, 1.82) is 0 Å². The predicted octanol–water partition coefficient (Wildman–Crippen LogP) is 4.67. The summed E-state index contributed by atoms with van der Waals surface area (Å²) in [4.78, 5) is 18.2. The third-order valence-electron chi connectivity index (χ3n) is 7.19. The zero-order chi connectivity index (χ0) is 26.5. The number of halogens is 1. The maximum Gasteiger partial charge on any atom is 0.258 e. The molecule has 2 heterocycles. The number of morpholine rings is 1. The summed E-state index contributed by atoms with van der Waals surface area (Å²) in [6.45, 7) is 3.80. The fourth-order valence-corrected chi connectivity index (χ4v) is 7.07. The van der Waals surface area contributed by atoms with Crippen molar-refractivity contribution in [2.75, 3.05) is 44.3 Å². The van der Waals surface area contributed by atoms with Crippen molar-refractivity contribution in [3.63, 3.8) is 0 Å². The Morgan fingerprint density at radius 1 is 0.895 bits per heavy atom. The molecule has 3 aromatic rings. The molecule has 0 aliphatic carbocycles. The van der Waals surface area contributed by atoms with Crippen LogP contribution in [0.5, 0.6) is 0 Å². The number of rotatable bonds is 7. The second-order valence-electron chi connectivity index (χ2n) is 9.67. The van der Waals surface area contributed by atoms with Crippen molar-refractivity contribution in [2.24, 2.45) is 0 Å². The Kier molecular flexibility index (Phi) is 8.45. The average molecular weight is 554 g/mol. The van der Waals surface area contributed by atoms with Gasteiger partial charge < -0.3 is 9.64 Å². The summed E-state index contributed by atoms with van der Waals surface area (Å²) < 4.78 is 33.4. The van der Waals surface area contributed by atoms with E-state index in [1.165, 1.54) is 22.0 Å². The smallest absolute Gasteiger partial charge is 0.258 e. The molecule has 0 spiro atoms. The monoisotopic (exact) mass is 553 g/mol. The van der Waals surface area contributed by atoms with Gasteiger partial charge in [0.1, 0.15) is 4.90 Å². The normalized spacial score (nSPS) is 17.8. The molecule has 0 radical (unpaired) electrons. The van der Waals surface area contributed by atoms with Gasteiger partial charge in [0.05, 0.1) is 18.2 Å². The number of piperidine rings is 1. The van der Waals surface area contributed by atoms with E-state index in [-0.39, 0.29) is 35.0 Å². The fourth-order valence-electron chi connectivity index (χ4n) is 5.16. The SMILES string of the molecule is O=C(c1ccc(Cl)c(S(=O)(=O)N2CCOCC2)c1)N(c1ccccc1)C1CCN(Cc2ccccc2)CC1. The van der Waals surface area contributed by atoms with Gasteiger partial charge in [-0.05, 0) is 48.7 Å². The second kappa shape index (κ2) is 12.0. The van der Waals surface area contributed by atoms with Crippen LogP contribution in [0.15, 0.2) is 83.8 Å². The Bertz CT molecular complexity index is 1340. The third-order valence-corrected chi connectivity index (χ3v) is 9.57.